The zero-order valence-corrected chi connectivity index (χ0v) is 18.8. The van der Waals surface area contributed by atoms with Crippen LogP contribution >= 0.6 is 15.9 Å². The number of amides is 1. The molecule has 0 atom stereocenters. The predicted molar refractivity (Wildman–Crippen MR) is 117 cm³/mol. The highest BCUT2D eigenvalue weighted by molar-refractivity contribution is 9.10. The SMILES string of the molecule is Cn1c(=O)n(CC(=O)N2CCN(S(=O)(=O)c3ccc(Br)cc3)CC2)c2ccccc21. The lowest BCUT2D eigenvalue weighted by Crippen LogP contribution is -2.51. The molecule has 1 aromatic heterocycles. The molecule has 0 saturated carbocycles. The predicted octanol–water partition coefficient (Wildman–Crippen LogP) is 1.64. The molecule has 0 unspecified atom stereocenters. The number of para-hydroxylation sites is 2. The summed E-state index contributed by atoms with van der Waals surface area (Å²) in [5, 5.41) is 0. The summed E-state index contributed by atoms with van der Waals surface area (Å²) in [5.74, 6) is -0.200. The molecule has 0 radical (unpaired) electrons. The van der Waals surface area contributed by atoms with Crippen LogP contribution < -0.4 is 5.69 Å². The minimum absolute atomic E-state index is 0.0698. The first-order valence-corrected chi connectivity index (χ1v) is 11.7. The van der Waals surface area contributed by atoms with E-state index in [-0.39, 0.29) is 49.2 Å². The van der Waals surface area contributed by atoms with Gasteiger partial charge in [0.2, 0.25) is 15.9 Å². The molecule has 158 valence electrons. The molecule has 0 aliphatic carbocycles. The van der Waals surface area contributed by atoms with Crippen molar-refractivity contribution in [3.63, 3.8) is 0 Å². The van der Waals surface area contributed by atoms with Gasteiger partial charge in [0, 0.05) is 37.7 Å². The molecule has 4 rings (SSSR count). The molecule has 0 N–H and O–H groups in total. The third-order valence-corrected chi connectivity index (χ3v) is 7.83. The lowest BCUT2D eigenvalue weighted by Gasteiger charge is -2.34. The fourth-order valence-electron chi connectivity index (χ4n) is 3.68. The van der Waals surface area contributed by atoms with Crippen LogP contribution in [0, 0.1) is 0 Å². The second-order valence-corrected chi connectivity index (χ2v) is 10.0. The second kappa shape index (κ2) is 8.01. The number of aryl methyl sites for hydroxylation is 1. The van der Waals surface area contributed by atoms with E-state index in [9.17, 15) is 18.0 Å². The topological polar surface area (TPSA) is 84.6 Å². The number of benzene rings is 2. The van der Waals surface area contributed by atoms with Crippen LogP contribution in [0.1, 0.15) is 0 Å². The van der Waals surface area contributed by atoms with Crippen molar-refractivity contribution in [2.75, 3.05) is 26.2 Å². The van der Waals surface area contributed by atoms with Gasteiger partial charge in [0.1, 0.15) is 6.54 Å². The fraction of sp³-hybridized carbons (Fsp3) is 0.300. The quantitative estimate of drug-likeness (QED) is 0.553. The van der Waals surface area contributed by atoms with E-state index in [2.05, 4.69) is 15.9 Å². The Morgan fingerprint density at radius 1 is 0.967 bits per heavy atom. The fourth-order valence-corrected chi connectivity index (χ4v) is 5.37. The third-order valence-electron chi connectivity index (χ3n) is 5.39. The molecule has 0 spiro atoms. The van der Waals surface area contributed by atoms with Gasteiger partial charge in [-0.15, -0.1) is 0 Å². The molecule has 2 aromatic carbocycles. The molecule has 1 fully saturated rings. The number of fused-ring (bicyclic) bond motifs is 1. The van der Waals surface area contributed by atoms with E-state index in [0.717, 1.165) is 9.99 Å². The Kier molecular flexibility index (Phi) is 5.56. The standard InChI is InChI=1S/C20H21BrN4O4S/c1-22-17-4-2-3-5-18(17)25(20(22)27)14-19(26)23-10-12-24(13-11-23)30(28,29)16-8-6-15(21)7-9-16/h2-9H,10-14H2,1H3. The number of sulfonamides is 1. The molecule has 8 nitrogen and oxygen atoms in total. The zero-order chi connectivity index (χ0) is 21.5. The largest absolute Gasteiger partial charge is 0.338 e. The van der Waals surface area contributed by atoms with Crippen LogP contribution in [0.15, 0.2) is 62.7 Å². The van der Waals surface area contributed by atoms with E-state index in [1.54, 1.807) is 36.2 Å². The van der Waals surface area contributed by atoms with Gasteiger partial charge < -0.3 is 4.90 Å². The van der Waals surface area contributed by atoms with Crippen molar-refractivity contribution >= 4 is 42.9 Å². The lowest BCUT2D eigenvalue weighted by molar-refractivity contribution is -0.133. The van der Waals surface area contributed by atoms with Crippen molar-refractivity contribution in [2.24, 2.45) is 7.05 Å². The molecular weight excluding hydrogens is 472 g/mol. The number of nitrogens with zero attached hydrogens (tertiary/aromatic N) is 4. The normalized spacial score (nSPS) is 15.6. The summed E-state index contributed by atoms with van der Waals surface area (Å²) in [6.45, 7) is 0.936. The Morgan fingerprint density at radius 2 is 1.57 bits per heavy atom. The summed E-state index contributed by atoms with van der Waals surface area (Å²) in [6.07, 6.45) is 0. The maximum atomic E-state index is 12.8. The first-order valence-electron chi connectivity index (χ1n) is 9.47. The van der Waals surface area contributed by atoms with Crippen LogP contribution in [0.2, 0.25) is 0 Å². The number of aromatic nitrogens is 2. The number of hydrogen-bond acceptors (Lipinski definition) is 4. The molecular formula is C20H21BrN4O4S. The lowest BCUT2D eigenvalue weighted by atomic mass is 10.3. The molecule has 10 heteroatoms. The summed E-state index contributed by atoms with van der Waals surface area (Å²) >= 11 is 3.30. The van der Waals surface area contributed by atoms with Gasteiger partial charge in [0.25, 0.3) is 0 Å². The van der Waals surface area contributed by atoms with E-state index in [0.29, 0.717) is 5.52 Å². The number of hydrogen-bond donors (Lipinski definition) is 0. The minimum Gasteiger partial charge on any atom is -0.338 e. The molecule has 0 bridgehead atoms. The Labute approximate surface area is 182 Å². The van der Waals surface area contributed by atoms with Crippen LogP contribution in [-0.2, 0) is 28.4 Å². The van der Waals surface area contributed by atoms with Gasteiger partial charge in [-0.3, -0.25) is 13.9 Å². The van der Waals surface area contributed by atoms with Crippen molar-refractivity contribution in [2.45, 2.75) is 11.4 Å². The molecule has 1 amide bonds. The van der Waals surface area contributed by atoms with E-state index in [1.807, 2.05) is 24.3 Å². The van der Waals surface area contributed by atoms with Gasteiger partial charge >= 0.3 is 5.69 Å². The van der Waals surface area contributed by atoms with Gasteiger partial charge in [-0.1, -0.05) is 28.1 Å². The first-order chi connectivity index (χ1) is 14.3. The average Bonchev–Trinajstić information content (AvgIpc) is 2.99. The molecule has 2 heterocycles. The minimum atomic E-state index is -3.60. The van der Waals surface area contributed by atoms with Crippen LogP contribution in [0.3, 0.4) is 0 Å². The van der Waals surface area contributed by atoms with Crippen molar-refractivity contribution in [1.29, 1.82) is 0 Å². The smallest absolute Gasteiger partial charge is 0.329 e. The summed E-state index contributed by atoms with van der Waals surface area (Å²) in [6, 6.07) is 13.8. The van der Waals surface area contributed by atoms with E-state index < -0.39 is 10.0 Å². The summed E-state index contributed by atoms with van der Waals surface area (Å²) < 4.78 is 30.8. The summed E-state index contributed by atoms with van der Waals surface area (Å²) in [4.78, 5) is 27.2. The van der Waals surface area contributed by atoms with Crippen molar-refractivity contribution in [3.8, 4) is 0 Å². The van der Waals surface area contributed by atoms with Crippen molar-refractivity contribution in [3.05, 3.63) is 63.5 Å². The monoisotopic (exact) mass is 492 g/mol. The number of piperazine rings is 1. The van der Waals surface area contributed by atoms with E-state index >= 15 is 0 Å². The highest BCUT2D eigenvalue weighted by Crippen LogP contribution is 2.20. The van der Waals surface area contributed by atoms with Gasteiger partial charge in [-0.05, 0) is 36.4 Å². The number of carbonyl (C=O) groups excluding carboxylic acids is 1. The second-order valence-electron chi connectivity index (χ2n) is 7.16. The third kappa shape index (κ3) is 3.70. The zero-order valence-electron chi connectivity index (χ0n) is 16.4. The van der Waals surface area contributed by atoms with Crippen LogP contribution in [0.5, 0.6) is 0 Å². The van der Waals surface area contributed by atoms with Crippen molar-refractivity contribution in [1.82, 2.24) is 18.3 Å². The maximum Gasteiger partial charge on any atom is 0.329 e. The van der Waals surface area contributed by atoms with Gasteiger partial charge in [0.15, 0.2) is 0 Å². The molecule has 3 aromatic rings. The molecule has 1 aliphatic heterocycles. The highest BCUT2D eigenvalue weighted by Gasteiger charge is 2.30. The summed E-state index contributed by atoms with van der Waals surface area (Å²) in [5.41, 5.74) is 1.22. The number of carbonyl (C=O) groups is 1. The van der Waals surface area contributed by atoms with E-state index in [4.69, 9.17) is 0 Å². The van der Waals surface area contributed by atoms with Gasteiger partial charge in [-0.25, -0.2) is 13.2 Å². The Bertz CT molecular complexity index is 1260. The van der Waals surface area contributed by atoms with Crippen LogP contribution in [0.4, 0.5) is 0 Å². The van der Waals surface area contributed by atoms with Crippen molar-refractivity contribution < 1.29 is 13.2 Å². The van der Waals surface area contributed by atoms with Crippen LogP contribution in [-0.4, -0.2) is 58.8 Å². The molecule has 1 aliphatic rings. The summed E-state index contributed by atoms with van der Waals surface area (Å²) in [7, 11) is -1.93. The molecule has 30 heavy (non-hydrogen) atoms. The first kappa shape index (κ1) is 20.8. The highest BCUT2D eigenvalue weighted by atomic mass is 79.9. The van der Waals surface area contributed by atoms with E-state index in [1.165, 1.54) is 13.4 Å². The number of rotatable bonds is 4. The van der Waals surface area contributed by atoms with Gasteiger partial charge in [-0.2, -0.15) is 4.31 Å². The Balaban J connectivity index is 1.46. The molecule has 1 saturated heterocycles. The van der Waals surface area contributed by atoms with Crippen LogP contribution in [0.25, 0.3) is 11.0 Å². The number of halogens is 1. The average molecular weight is 493 g/mol. The Morgan fingerprint density at radius 3 is 2.20 bits per heavy atom. The maximum absolute atomic E-state index is 12.8. The Hall–Kier alpha value is -2.43. The number of imidazole rings is 1. The van der Waals surface area contributed by atoms with Gasteiger partial charge in [0.05, 0.1) is 15.9 Å².